The smallest absolute Gasteiger partial charge is 0.421 e. The summed E-state index contributed by atoms with van der Waals surface area (Å²) in [5, 5.41) is 18.3. The highest BCUT2D eigenvalue weighted by Crippen LogP contribution is 2.35. The minimum Gasteiger partial charge on any atom is -0.486 e. The van der Waals surface area contributed by atoms with Gasteiger partial charge in [-0.15, -0.1) is 0 Å². The van der Waals surface area contributed by atoms with Gasteiger partial charge in [0, 0.05) is 45.4 Å². The van der Waals surface area contributed by atoms with Crippen LogP contribution in [-0.2, 0) is 25.9 Å². The Balaban J connectivity index is 1.53. The van der Waals surface area contributed by atoms with Crippen molar-refractivity contribution >= 4 is 22.5 Å². The van der Waals surface area contributed by atoms with Crippen LogP contribution in [0.2, 0.25) is 5.02 Å². The van der Waals surface area contributed by atoms with Crippen LogP contribution in [0.15, 0.2) is 53.5 Å². The van der Waals surface area contributed by atoms with Crippen LogP contribution < -0.4 is 10.3 Å². The second-order valence-corrected chi connectivity index (χ2v) is 10.0. The highest BCUT2D eigenvalue weighted by molar-refractivity contribution is 6.31. The van der Waals surface area contributed by atoms with Gasteiger partial charge in [-0.1, -0.05) is 23.7 Å². The summed E-state index contributed by atoms with van der Waals surface area (Å²) in [5.74, 6) is 0.434. The standard InChI is InChI=1S/C29H25ClF3N5O3/c1-15-10-19(26-20(13-39)17(3)36-37-26)18-6-4-8-25(27(18)35-15)41-14-21-23(30)11-16(2)34-24(21)12-38-9-5-7-22(28(38)40)29(31,32)33/h4-11,39H,12-14H2,1-3H3,(H,36,37). The van der Waals surface area contributed by atoms with E-state index in [4.69, 9.17) is 16.3 Å². The number of H-pyrrole nitrogens is 1. The maximum absolute atomic E-state index is 13.3. The molecule has 0 fully saturated rings. The molecule has 0 unspecified atom stereocenters. The number of ether oxygens (including phenoxy) is 1. The molecule has 0 amide bonds. The summed E-state index contributed by atoms with van der Waals surface area (Å²) < 4.78 is 47.1. The fraction of sp³-hybridized carbons (Fsp3) is 0.241. The molecule has 0 aliphatic carbocycles. The number of aryl methyl sites for hydroxylation is 3. The molecule has 0 aliphatic heterocycles. The zero-order valence-corrected chi connectivity index (χ0v) is 23.1. The predicted octanol–water partition coefficient (Wildman–Crippen LogP) is 5.90. The molecule has 0 saturated heterocycles. The summed E-state index contributed by atoms with van der Waals surface area (Å²) in [4.78, 5) is 21.7. The van der Waals surface area contributed by atoms with E-state index in [1.165, 1.54) is 12.3 Å². The molecular weight excluding hydrogens is 559 g/mol. The van der Waals surface area contributed by atoms with Gasteiger partial charge in [-0.25, -0.2) is 4.98 Å². The number of aliphatic hydroxyl groups excluding tert-OH is 1. The van der Waals surface area contributed by atoms with Crippen LogP contribution in [0.1, 0.15) is 39.5 Å². The van der Waals surface area contributed by atoms with Gasteiger partial charge >= 0.3 is 6.18 Å². The van der Waals surface area contributed by atoms with E-state index in [0.717, 1.165) is 27.3 Å². The highest BCUT2D eigenvalue weighted by Gasteiger charge is 2.34. The maximum Gasteiger partial charge on any atom is 0.421 e. The average molecular weight is 584 g/mol. The Kier molecular flexibility index (Phi) is 7.58. The van der Waals surface area contributed by atoms with E-state index < -0.39 is 17.3 Å². The van der Waals surface area contributed by atoms with Gasteiger partial charge in [0.25, 0.3) is 5.56 Å². The van der Waals surface area contributed by atoms with Crippen molar-refractivity contribution in [1.82, 2.24) is 24.7 Å². The molecule has 41 heavy (non-hydrogen) atoms. The van der Waals surface area contributed by atoms with Crippen molar-refractivity contribution in [3.05, 3.63) is 104 Å². The molecule has 0 aliphatic rings. The van der Waals surface area contributed by atoms with Crippen LogP contribution >= 0.6 is 11.6 Å². The molecule has 5 aromatic rings. The van der Waals surface area contributed by atoms with Crippen molar-refractivity contribution in [1.29, 1.82) is 0 Å². The maximum atomic E-state index is 13.3. The molecule has 0 bridgehead atoms. The highest BCUT2D eigenvalue weighted by atomic mass is 35.5. The number of aromatic amines is 1. The Bertz CT molecular complexity index is 1830. The number of benzene rings is 1. The van der Waals surface area contributed by atoms with Crippen LogP contribution in [0.5, 0.6) is 5.75 Å². The number of para-hydroxylation sites is 1. The van der Waals surface area contributed by atoms with E-state index >= 15 is 0 Å². The molecule has 0 radical (unpaired) electrons. The Morgan fingerprint density at radius 3 is 2.54 bits per heavy atom. The number of pyridine rings is 3. The molecular formula is C29H25ClF3N5O3. The van der Waals surface area contributed by atoms with Crippen molar-refractivity contribution in [3.63, 3.8) is 0 Å². The molecule has 0 spiro atoms. The predicted molar refractivity (Wildman–Crippen MR) is 148 cm³/mol. The van der Waals surface area contributed by atoms with Crippen LogP contribution in [0, 0.1) is 20.8 Å². The van der Waals surface area contributed by atoms with Gasteiger partial charge in [0.15, 0.2) is 0 Å². The van der Waals surface area contributed by atoms with Crippen molar-refractivity contribution in [3.8, 4) is 17.0 Å². The fourth-order valence-corrected chi connectivity index (χ4v) is 5.05. The molecule has 0 saturated carbocycles. The molecule has 2 N–H and O–H groups in total. The Hall–Kier alpha value is -4.22. The first-order valence-electron chi connectivity index (χ1n) is 12.6. The van der Waals surface area contributed by atoms with Crippen LogP contribution in [-0.4, -0.2) is 29.8 Å². The number of nitrogens with one attached hydrogen (secondary N) is 1. The average Bonchev–Trinajstić information content (AvgIpc) is 3.28. The van der Waals surface area contributed by atoms with E-state index in [2.05, 4.69) is 20.2 Å². The molecule has 8 nitrogen and oxygen atoms in total. The first-order valence-corrected chi connectivity index (χ1v) is 13.0. The van der Waals surface area contributed by atoms with Crippen molar-refractivity contribution in [2.24, 2.45) is 0 Å². The van der Waals surface area contributed by atoms with Crippen molar-refractivity contribution in [2.45, 2.75) is 46.7 Å². The second-order valence-electron chi connectivity index (χ2n) is 9.61. The lowest BCUT2D eigenvalue weighted by Crippen LogP contribution is -2.29. The summed E-state index contributed by atoms with van der Waals surface area (Å²) in [6.45, 7) is 4.87. The zero-order chi connectivity index (χ0) is 29.5. The quantitative estimate of drug-likeness (QED) is 0.247. The number of aromatic nitrogens is 5. The zero-order valence-electron chi connectivity index (χ0n) is 22.3. The van der Waals surface area contributed by atoms with Gasteiger partial charge in [-0.05, 0) is 51.1 Å². The van der Waals surface area contributed by atoms with Gasteiger partial charge in [0.2, 0.25) is 0 Å². The normalized spacial score (nSPS) is 11.8. The number of hydrogen-bond donors (Lipinski definition) is 2. The molecule has 4 heterocycles. The third-order valence-electron chi connectivity index (χ3n) is 6.72. The number of nitrogens with zero attached hydrogens (tertiary/aromatic N) is 4. The number of halogens is 4. The van der Waals surface area contributed by atoms with E-state index in [1.807, 2.05) is 26.0 Å². The largest absolute Gasteiger partial charge is 0.486 e. The number of hydrogen-bond acceptors (Lipinski definition) is 6. The van der Waals surface area contributed by atoms with E-state index in [1.54, 1.807) is 25.1 Å². The number of rotatable bonds is 7. The first kappa shape index (κ1) is 28.3. The first-order chi connectivity index (χ1) is 19.5. The van der Waals surface area contributed by atoms with Crippen LogP contribution in [0.25, 0.3) is 22.2 Å². The van der Waals surface area contributed by atoms with Crippen LogP contribution in [0.4, 0.5) is 13.2 Å². The van der Waals surface area contributed by atoms with E-state index in [-0.39, 0.29) is 19.8 Å². The Labute approximate surface area is 237 Å². The third kappa shape index (κ3) is 5.55. The summed E-state index contributed by atoms with van der Waals surface area (Å²) in [7, 11) is 0. The van der Waals surface area contributed by atoms with Gasteiger partial charge in [-0.2, -0.15) is 18.3 Å². The number of aliphatic hydroxyl groups is 1. The van der Waals surface area contributed by atoms with Gasteiger partial charge in [0.1, 0.15) is 23.4 Å². The lowest BCUT2D eigenvalue weighted by atomic mass is 10.0. The number of alkyl halides is 3. The number of fused-ring (bicyclic) bond motifs is 1. The molecule has 1 aromatic carbocycles. The minimum atomic E-state index is -4.78. The molecule has 0 atom stereocenters. The monoisotopic (exact) mass is 583 g/mol. The van der Waals surface area contributed by atoms with Gasteiger partial charge in [0.05, 0.1) is 29.6 Å². The molecule has 5 rings (SSSR count). The van der Waals surface area contributed by atoms with Crippen LogP contribution in [0.3, 0.4) is 0 Å². The topological polar surface area (TPSA) is 106 Å². The Morgan fingerprint density at radius 1 is 1.05 bits per heavy atom. The summed E-state index contributed by atoms with van der Waals surface area (Å²) in [5.41, 5.74) is 2.90. The van der Waals surface area contributed by atoms with Gasteiger partial charge < -0.3 is 14.4 Å². The summed E-state index contributed by atoms with van der Waals surface area (Å²) in [6.07, 6.45) is -3.51. The lowest BCUT2D eigenvalue weighted by Gasteiger charge is -2.16. The lowest BCUT2D eigenvalue weighted by molar-refractivity contribution is -0.138. The van der Waals surface area contributed by atoms with Gasteiger partial charge in [-0.3, -0.25) is 14.9 Å². The molecule has 4 aromatic heterocycles. The minimum absolute atomic E-state index is 0.0807. The second kappa shape index (κ2) is 11.0. The summed E-state index contributed by atoms with van der Waals surface area (Å²) >= 11 is 6.56. The van der Waals surface area contributed by atoms with E-state index in [9.17, 15) is 23.1 Å². The van der Waals surface area contributed by atoms with Crippen molar-refractivity contribution < 1.29 is 23.0 Å². The molecule has 212 valence electrons. The van der Waals surface area contributed by atoms with E-state index in [0.29, 0.717) is 50.2 Å². The third-order valence-corrected chi connectivity index (χ3v) is 7.06. The SMILES string of the molecule is Cc1cc(Cl)c(COc2cccc3c(-c4n[nH]c(C)c4CO)cc(C)nc23)c(Cn2cccc(C(F)(F)F)c2=O)n1. The molecule has 12 heteroatoms. The van der Waals surface area contributed by atoms with Crippen molar-refractivity contribution in [2.75, 3.05) is 0 Å². The summed E-state index contributed by atoms with van der Waals surface area (Å²) in [6, 6.07) is 10.8. The fourth-order valence-electron chi connectivity index (χ4n) is 4.72. The Morgan fingerprint density at radius 2 is 1.80 bits per heavy atom.